The summed E-state index contributed by atoms with van der Waals surface area (Å²) in [4.78, 5) is 12.5. The monoisotopic (exact) mass is 230 g/mol. The molecule has 3 nitrogen and oxygen atoms in total. The lowest BCUT2D eigenvalue weighted by atomic mass is 10.0. The van der Waals surface area contributed by atoms with E-state index in [0.717, 1.165) is 6.42 Å². The third-order valence-corrected chi connectivity index (χ3v) is 2.82. The Morgan fingerprint density at radius 1 is 1.35 bits per heavy atom. The topological polar surface area (TPSA) is 44.1 Å². The number of rotatable bonds is 4. The maximum absolute atomic E-state index is 11.0. The Morgan fingerprint density at radius 3 is 2.41 bits per heavy atom. The van der Waals surface area contributed by atoms with E-state index < -0.39 is 5.91 Å². The van der Waals surface area contributed by atoms with Gasteiger partial charge in [0, 0.05) is 13.6 Å². The Labute approximate surface area is 103 Å². The SMILES string of the molecule is CC(C)c1ccc(CCN(C)C(=O)C#N)cc1. The summed E-state index contributed by atoms with van der Waals surface area (Å²) in [6.45, 7) is 4.90. The van der Waals surface area contributed by atoms with Crippen molar-refractivity contribution in [3.05, 3.63) is 35.4 Å². The van der Waals surface area contributed by atoms with Crippen molar-refractivity contribution < 1.29 is 4.79 Å². The molecule has 3 heteroatoms. The van der Waals surface area contributed by atoms with Gasteiger partial charge in [0.15, 0.2) is 6.07 Å². The van der Waals surface area contributed by atoms with Crippen LogP contribution in [-0.4, -0.2) is 24.4 Å². The van der Waals surface area contributed by atoms with Crippen LogP contribution in [0.15, 0.2) is 24.3 Å². The fourth-order valence-corrected chi connectivity index (χ4v) is 1.55. The maximum atomic E-state index is 11.0. The van der Waals surface area contributed by atoms with Gasteiger partial charge in [-0.15, -0.1) is 0 Å². The predicted molar refractivity (Wildman–Crippen MR) is 67.5 cm³/mol. The van der Waals surface area contributed by atoms with Crippen molar-refractivity contribution in [3.8, 4) is 6.07 Å². The quantitative estimate of drug-likeness (QED) is 0.745. The molecular weight excluding hydrogens is 212 g/mol. The highest BCUT2D eigenvalue weighted by atomic mass is 16.2. The number of likely N-dealkylation sites (N-methyl/N-ethyl adjacent to an activating group) is 1. The second-order valence-electron chi connectivity index (χ2n) is 4.48. The summed E-state index contributed by atoms with van der Waals surface area (Å²) in [5.41, 5.74) is 2.50. The lowest BCUT2D eigenvalue weighted by Gasteiger charge is -2.13. The smallest absolute Gasteiger partial charge is 0.324 e. The van der Waals surface area contributed by atoms with Crippen molar-refractivity contribution in [1.82, 2.24) is 4.90 Å². The second kappa shape index (κ2) is 6.05. The van der Waals surface area contributed by atoms with E-state index >= 15 is 0 Å². The molecule has 0 heterocycles. The first-order chi connectivity index (χ1) is 8.04. The number of nitrogens with zero attached hydrogens (tertiary/aromatic N) is 2. The number of carbonyl (C=O) groups excluding carboxylic acids is 1. The molecule has 1 amide bonds. The van der Waals surface area contributed by atoms with Crippen LogP contribution in [0.4, 0.5) is 0 Å². The average molecular weight is 230 g/mol. The molecule has 0 radical (unpaired) electrons. The minimum atomic E-state index is -0.483. The van der Waals surface area contributed by atoms with Crippen LogP contribution in [0.5, 0.6) is 0 Å². The third-order valence-electron chi connectivity index (χ3n) is 2.82. The van der Waals surface area contributed by atoms with Gasteiger partial charge in [0.2, 0.25) is 0 Å². The van der Waals surface area contributed by atoms with Crippen molar-refractivity contribution in [1.29, 1.82) is 5.26 Å². The Hall–Kier alpha value is -1.82. The zero-order valence-corrected chi connectivity index (χ0v) is 10.6. The zero-order valence-electron chi connectivity index (χ0n) is 10.6. The van der Waals surface area contributed by atoms with E-state index in [4.69, 9.17) is 5.26 Å². The first-order valence-corrected chi connectivity index (χ1v) is 5.78. The summed E-state index contributed by atoms with van der Waals surface area (Å²) < 4.78 is 0. The molecule has 1 aromatic carbocycles. The Morgan fingerprint density at radius 2 is 1.94 bits per heavy atom. The van der Waals surface area contributed by atoms with Gasteiger partial charge in [0.05, 0.1) is 0 Å². The summed E-state index contributed by atoms with van der Waals surface area (Å²) >= 11 is 0. The van der Waals surface area contributed by atoms with Crippen LogP contribution in [0, 0.1) is 11.3 Å². The molecule has 0 atom stereocenters. The number of hydrogen-bond donors (Lipinski definition) is 0. The summed E-state index contributed by atoms with van der Waals surface area (Å²) in [6.07, 6.45) is 0.780. The van der Waals surface area contributed by atoms with Gasteiger partial charge in [-0.3, -0.25) is 4.79 Å². The largest absolute Gasteiger partial charge is 0.333 e. The second-order valence-corrected chi connectivity index (χ2v) is 4.48. The van der Waals surface area contributed by atoms with Crippen molar-refractivity contribution in [2.24, 2.45) is 0 Å². The molecular formula is C14H18N2O. The van der Waals surface area contributed by atoms with Gasteiger partial charge in [-0.2, -0.15) is 5.26 Å². The molecule has 0 saturated carbocycles. The van der Waals surface area contributed by atoms with Crippen molar-refractivity contribution in [3.63, 3.8) is 0 Å². The minimum Gasteiger partial charge on any atom is -0.333 e. The van der Waals surface area contributed by atoms with Gasteiger partial charge in [0.25, 0.3) is 0 Å². The van der Waals surface area contributed by atoms with E-state index in [-0.39, 0.29) is 0 Å². The molecule has 17 heavy (non-hydrogen) atoms. The van der Waals surface area contributed by atoms with Gasteiger partial charge >= 0.3 is 5.91 Å². The van der Waals surface area contributed by atoms with E-state index in [1.807, 2.05) is 0 Å². The number of hydrogen-bond acceptors (Lipinski definition) is 2. The van der Waals surface area contributed by atoms with Crippen LogP contribution < -0.4 is 0 Å². The van der Waals surface area contributed by atoms with E-state index in [0.29, 0.717) is 12.5 Å². The van der Waals surface area contributed by atoms with Crippen molar-refractivity contribution >= 4 is 5.91 Å². The van der Waals surface area contributed by atoms with Crippen LogP contribution in [0.3, 0.4) is 0 Å². The Bertz CT molecular complexity index is 415. The zero-order chi connectivity index (χ0) is 12.8. The molecule has 1 rings (SSSR count). The standard InChI is InChI=1S/C14H18N2O/c1-11(2)13-6-4-12(5-7-13)8-9-16(3)14(17)10-15/h4-7,11H,8-9H2,1-3H3. The molecule has 0 unspecified atom stereocenters. The lowest BCUT2D eigenvalue weighted by Crippen LogP contribution is -2.27. The molecule has 0 fully saturated rings. The highest BCUT2D eigenvalue weighted by Crippen LogP contribution is 2.14. The van der Waals surface area contributed by atoms with Crippen LogP contribution in [0.2, 0.25) is 0 Å². The molecule has 0 aliphatic rings. The normalized spacial score (nSPS) is 10.1. The van der Waals surface area contributed by atoms with E-state index in [2.05, 4.69) is 38.1 Å². The fourth-order valence-electron chi connectivity index (χ4n) is 1.55. The summed E-state index contributed by atoms with van der Waals surface area (Å²) in [5.74, 6) is 0.0516. The van der Waals surface area contributed by atoms with Crippen LogP contribution in [0.1, 0.15) is 30.9 Å². The van der Waals surface area contributed by atoms with E-state index in [1.165, 1.54) is 16.0 Å². The molecule has 0 spiro atoms. The summed E-state index contributed by atoms with van der Waals surface area (Å²) in [6, 6.07) is 10.0. The molecule has 90 valence electrons. The number of benzene rings is 1. The molecule has 0 saturated heterocycles. The Balaban J connectivity index is 2.53. The average Bonchev–Trinajstić information content (AvgIpc) is 2.35. The number of nitriles is 1. The van der Waals surface area contributed by atoms with Crippen molar-refractivity contribution in [2.75, 3.05) is 13.6 Å². The molecule has 0 aliphatic carbocycles. The molecule has 0 N–H and O–H groups in total. The first-order valence-electron chi connectivity index (χ1n) is 5.78. The van der Waals surface area contributed by atoms with E-state index in [9.17, 15) is 4.79 Å². The Kier molecular flexibility index (Phi) is 4.71. The van der Waals surface area contributed by atoms with Gasteiger partial charge < -0.3 is 4.90 Å². The van der Waals surface area contributed by atoms with Crippen LogP contribution in [-0.2, 0) is 11.2 Å². The maximum Gasteiger partial charge on any atom is 0.324 e. The highest BCUT2D eigenvalue weighted by molar-refractivity contribution is 5.90. The van der Waals surface area contributed by atoms with Gasteiger partial charge in [-0.25, -0.2) is 0 Å². The molecule has 0 bridgehead atoms. The number of carbonyl (C=O) groups is 1. The van der Waals surface area contributed by atoms with Crippen LogP contribution in [0.25, 0.3) is 0 Å². The fraction of sp³-hybridized carbons (Fsp3) is 0.429. The lowest BCUT2D eigenvalue weighted by molar-refractivity contribution is -0.124. The summed E-state index contributed by atoms with van der Waals surface area (Å²) in [5, 5.41) is 8.46. The van der Waals surface area contributed by atoms with Crippen LogP contribution >= 0.6 is 0 Å². The third kappa shape index (κ3) is 3.92. The van der Waals surface area contributed by atoms with Crippen molar-refractivity contribution in [2.45, 2.75) is 26.2 Å². The van der Waals surface area contributed by atoms with Gasteiger partial charge in [0.1, 0.15) is 0 Å². The molecule has 1 aromatic rings. The predicted octanol–water partition coefficient (Wildman–Crippen LogP) is 2.33. The van der Waals surface area contributed by atoms with E-state index in [1.54, 1.807) is 13.1 Å². The molecule has 0 aromatic heterocycles. The minimum absolute atomic E-state index is 0.483. The van der Waals surface area contributed by atoms with Gasteiger partial charge in [-0.1, -0.05) is 38.1 Å². The number of amides is 1. The highest BCUT2D eigenvalue weighted by Gasteiger charge is 2.06. The first kappa shape index (κ1) is 13.2. The molecule has 0 aliphatic heterocycles. The summed E-state index contributed by atoms with van der Waals surface area (Å²) in [7, 11) is 1.65. The van der Waals surface area contributed by atoms with Gasteiger partial charge in [-0.05, 0) is 23.5 Å².